The number of nitrogens with one attached hydrogen (secondary N) is 2. The lowest BCUT2D eigenvalue weighted by molar-refractivity contribution is -0.137. The van der Waals surface area contributed by atoms with E-state index in [-0.39, 0.29) is 17.1 Å². The van der Waals surface area contributed by atoms with E-state index in [0.29, 0.717) is 18.7 Å². The summed E-state index contributed by atoms with van der Waals surface area (Å²) in [6, 6.07) is 11.6. The van der Waals surface area contributed by atoms with Crippen LogP contribution in [0.1, 0.15) is 16.7 Å². The summed E-state index contributed by atoms with van der Waals surface area (Å²) < 4.78 is 71.4. The van der Waals surface area contributed by atoms with Crippen LogP contribution in [-0.2, 0) is 27.5 Å². The number of nitriles is 1. The zero-order valence-electron chi connectivity index (χ0n) is 15.1. The topological polar surface area (TPSA) is 91.2 Å². The zero-order valence-corrected chi connectivity index (χ0v) is 15.9. The molecule has 0 amide bonds. The van der Waals surface area contributed by atoms with Crippen LogP contribution in [0.2, 0.25) is 0 Å². The maximum atomic E-state index is 12.6. The van der Waals surface area contributed by atoms with Gasteiger partial charge in [0, 0.05) is 13.1 Å². The third kappa shape index (κ3) is 5.33. The minimum Gasteiger partial charge on any atom is -0.371 e. The first-order valence-electron chi connectivity index (χ1n) is 8.70. The lowest BCUT2D eigenvalue weighted by Gasteiger charge is -2.21. The maximum Gasteiger partial charge on any atom is 0.416 e. The monoisotopic (exact) mass is 425 g/mol. The third-order valence-corrected chi connectivity index (χ3v) is 5.97. The number of sulfonamides is 1. The van der Waals surface area contributed by atoms with E-state index < -0.39 is 33.9 Å². The Morgan fingerprint density at radius 1 is 1.17 bits per heavy atom. The fourth-order valence-corrected chi connectivity index (χ4v) is 4.25. The van der Waals surface area contributed by atoms with Gasteiger partial charge in [-0.2, -0.15) is 18.4 Å². The quantitative estimate of drug-likeness (QED) is 0.742. The van der Waals surface area contributed by atoms with Crippen LogP contribution in [0.15, 0.2) is 53.4 Å². The first-order chi connectivity index (χ1) is 13.7. The van der Waals surface area contributed by atoms with Crippen molar-refractivity contribution >= 4 is 10.0 Å². The maximum absolute atomic E-state index is 12.6. The Kier molecular flexibility index (Phi) is 6.24. The van der Waals surface area contributed by atoms with Crippen LogP contribution >= 0.6 is 0 Å². The summed E-state index contributed by atoms with van der Waals surface area (Å²) in [4.78, 5) is -0.0232. The van der Waals surface area contributed by atoms with Crippen molar-refractivity contribution in [2.75, 3.05) is 13.1 Å². The highest BCUT2D eigenvalue weighted by molar-refractivity contribution is 7.89. The van der Waals surface area contributed by atoms with Gasteiger partial charge in [-0.05, 0) is 35.9 Å². The smallest absolute Gasteiger partial charge is 0.371 e. The molecular weight excluding hydrogens is 407 g/mol. The minimum absolute atomic E-state index is 0.0232. The van der Waals surface area contributed by atoms with Crippen molar-refractivity contribution < 1.29 is 26.3 Å². The Hall–Kier alpha value is -2.45. The van der Waals surface area contributed by atoms with Crippen LogP contribution in [0.25, 0.3) is 0 Å². The van der Waals surface area contributed by atoms with Crippen LogP contribution < -0.4 is 10.0 Å². The van der Waals surface area contributed by atoms with Crippen molar-refractivity contribution in [1.29, 1.82) is 5.26 Å². The lowest BCUT2D eigenvalue weighted by Crippen LogP contribution is -2.43. The van der Waals surface area contributed by atoms with Gasteiger partial charge in [-0.3, -0.25) is 0 Å². The van der Waals surface area contributed by atoms with Gasteiger partial charge in [0.05, 0.1) is 40.8 Å². The molecule has 2 unspecified atom stereocenters. The summed E-state index contributed by atoms with van der Waals surface area (Å²) in [5.74, 6) is 0. The minimum atomic E-state index is -4.40. The molecule has 0 aromatic heterocycles. The molecular formula is C19H18F3N3O3S. The van der Waals surface area contributed by atoms with Crippen molar-refractivity contribution in [3.8, 4) is 6.07 Å². The highest BCUT2D eigenvalue weighted by Crippen LogP contribution is 2.29. The number of rotatable bonds is 6. The van der Waals surface area contributed by atoms with Gasteiger partial charge in [0.2, 0.25) is 10.0 Å². The Labute approximate surface area is 166 Å². The van der Waals surface area contributed by atoms with E-state index in [2.05, 4.69) is 10.0 Å². The molecule has 6 nitrogen and oxygen atoms in total. The molecule has 2 aromatic rings. The van der Waals surface area contributed by atoms with E-state index in [4.69, 9.17) is 10.00 Å². The molecule has 2 aromatic carbocycles. The molecule has 3 rings (SSSR count). The van der Waals surface area contributed by atoms with Crippen molar-refractivity contribution in [3.05, 3.63) is 65.2 Å². The summed E-state index contributed by atoms with van der Waals surface area (Å²) in [6.45, 7) is 0.785. The summed E-state index contributed by atoms with van der Waals surface area (Å²) in [5.41, 5.74) is 0.0368. The first kappa shape index (κ1) is 21.3. The Morgan fingerprint density at radius 2 is 1.90 bits per heavy atom. The summed E-state index contributed by atoms with van der Waals surface area (Å²) >= 11 is 0. The normalized spacial score (nSPS) is 19.8. The number of ether oxygens (including phenoxy) is 1. The molecule has 2 atom stereocenters. The number of alkyl halides is 3. The summed E-state index contributed by atoms with van der Waals surface area (Å²) in [5, 5.41) is 12.0. The number of benzene rings is 2. The second-order valence-electron chi connectivity index (χ2n) is 6.57. The summed E-state index contributed by atoms with van der Waals surface area (Å²) in [6.07, 6.45) is -4.90. The Morgan fingerprint density at radius 3 is 2.55 bits per heavy atom. The van der Waals surface area contributed by atoms with E-state index in [1.807, 2.05) is 6.07 Å². The Bertz CT molecular complexity index is 1000. The fourth-order valence-electron chi connectivity index (χ4n) is 2.94. The van der Waals surface area contributed by atoms with Gasteiger partial charge in [0.25, 0.3) is 0 Å². The van der Waals surface area contributed by atoms with E-state index in [1.165, 1.54) is 36.4 Å². The van der Waals surface area contributed by atoms with Gasteiger partial charge >= 0.3 is 6.18 Å². The largest absolute Gasteiger partial charge is 0.416 e. The van der Waals surface area contributed by atoms with Gasteiger partial charge in [0.1, 0.15) is 0 Å². The van der Waals surface area contributed by atoms with Crippen LogP contribution in [0.5, 0.6) is 0 Å². The SMILES string of the molecule is N#Cc1cccc(S(=O)(=O)NC2CNCC2OCc2ccc(C(F)(F)F)cc2)c1. The van der Waals surface area contributed by atoms with Crippen molar-refractivity contribution in [2.24, 2.45) is 0 Å². The van der Waals surface area contributed by atoms with E-state index in [9.17, 15) is 21.6 Å². The van der Waals surface area contributed by atoms with E-state index in [1.54, 1.807) is 0 Å². The number of hydrogen-bond acceptors (Lipinski definition) is 5. The number of halogens is 3. The van der Waals surface area contributed by atoms with Gasteiger partial charge in [-0.25, -0.2) is 13.1 Å². The molecule has 1 fully saturated rings. The van der Waals surface area contributed by atoms with Gasteiger partial charge in [-0.1, -0.05) is 18.2 Å². The molecule has 29 heavy (non-hydrogen) atoms. The molecule has 0 radical (unpaired) electrons. The summed E-state index contributed by atoms with van der Waals surface area (Å²) in [7, 11) is -3.86. The first-order valence-corrected chi connectivity index (χ1v) is 10.2. The molecule has 1 heterocycles. The van der Waals surface area contributed by atoms with E-state index in [0.717, 1.165) is 12.1 Å². The molecule has 10 heteroatoms. The second kappa shape index (κ2) is 8.51. The standard InChI is InChI=1S/C19H18F3N3O3S/c20-19(21,22)15-6-4-13(5-7-15)12-28-18-11-24-10-17(18)25-29(26,27)16-3-1-2-14(8-16)9-23/h1-8,17-18,24-25H,10-12H2. The molecule has 1 aliphatic rings. The molecule has 0 bridgehead atoms. The molecule has 1 saturated heterocycles. The molecule has 0 spiro atoms. The second-order valence-corrected chi connectivity index (χ2v) is 8.28. The predicted octanol–water partition coefficient (Wildman–Crippen LogP) is 2.41. The van der Waals surface area contributed by atoms with Crippen molar-refractivity contribution in [3.63, 3.8) is 0 Å². The van der Waals surface area contributed by atoms with Crippen LogP contribution in [-0.4, -0.2) is 33.7 Å². The molecule has 1 aliphatic heterocycles. The van der Waals surface area contributed by atoms with Gasteiger partial charge < -0.3 is 10.1 Å². The third-order valence-electron chi connectivity index (χ3n) is 4.48. The van der Waals surface area contributed by atoms with Crippen LogP contribution in [0, 0.1) is 11.3 Å². The van der Waals surface area contributed by atoms with Crippen LogP contribution in [0.3, 0.4) is 0 Å². The van der Waals surface area contributed by atoms with Gasteiger partial charge in [0.15, 0.2) is 0 Å². The fraction of sp³-hybridized carbons (Fsp3) is 0.316. The lowest BCUT2D eigenvalue weighted by atomic mass is 10.1. The molecule has 154 valence electrons. The number of nitrogens with zero attached hydrogens (tertiary/aromatic N) is 1. The van der Waals surface area contributed by atoms with Crippen molar-refractivity contribution in [2.45, 2.75) is 29.8 Å². The average molecular weight is 425 g/mol. The predicted molar refractivity (Wildman–Crippen MR) is 98.2 cm³/mol. The highest BCUT2D eigenvalue weighted by atomic mass is 32.2. The zero-order chi connectivity index (χ0) is 21.1. The molecule has 0 saturated carbocycles. The molecule has 0 aliphatic carbocycles. The number of hydrogen-bond donors (Lipinski definition) is 2. The molecule has 2 N–H and O–H groups in total. The van der Waals surface area contributed by atoms with Crippen LogP contribution in [0.4, 0.5) is 13.2 Å². The van der Waals surface area contributed by atoms with Gasteiger partial charge in [-0.15, -0.1) is 0 Å². The van der Waals surface area contributed by atoms with E-state index >= 15 is 0 Å². The van der Waals surface area contributed by atoms with Crippen molar-refractivity contribution in [1.82, 2.24) is 10.0 Å². The Balaban J connectivity index is 1.63. The highest BCUT2D eigenvalue weighted by Gasteiger charge is 2.32. The average Bonchev–Trinajstić information content (AvgIpc) is 3.12.